The van der Waals surface area contributed by atoms with Crippen molar-refractivity contribution in [1.82, 2.24) is 14.7 Å². The van der Waals surface area contributed by atoms with Gasteiger partial charge in [0.05, 0.1) is 17.9 Å². The molecule has 0 saturated carbocycles. The number of hydrogen-bond acceptors (Lipinski definition) is 2. The van der Waals surface area contributed by atoms with Gasteiger partial charge in [-0.2, -0.15) is 5.10 Å². The molecule has 0 radical (unpaired) electrons. The smallest absolute Gasteiger partial charge is 0.254 e. The summed E-state index contributed by atoms with van der Waals surface area (Å²) in [7, 11) is 1.95. The summed E-state index contributed by atoms with van der Waals surface area (Å²) < 4.78 is 1.91. The van der Waals surface area contributed by atoms with Gasteiger partial charge in [-0.1, -0.05) is 42.5 Å². The van der Waals surface area contributed by atoms with Gasteiger partial charge in [-0.05, 0) is 42.2 Å². The first kappa shape index (κ1) is 15.6. The Hall–Kier alpha value is -2.88. The molecule has 25 heavy (non-hydrogen) atoms. The monoisotopic (exact) mass is 331 g/mol. The lowest BCUT2D eigenvalue weighted by molar-refractivity contribution is 0.0730. The molecule has 0 saturated heterocycles. The Morgan fingerprint density at radius 1 is 1.00 bits per heavy atom. The highest BCUT2D eigenvalue weighted by atomic mass is 16.2. The number of hydrogen-bond donors (Lipinski definition) is 0. The minimum atomic E-state index is 0.0871. The van der Waals surface area contributed by atoms with Gasteiger partial charge in [-0.25, -0.2) is 0 Å². The Morgan fingerprint density at radius 2 is 1.68 bits per heavy atom. The minimum Gasteiger partial charge on any atom is -0.332 e. The van der Waals surface area contributed by atoms with E-state index in [-0.39, 0.29) is 5.91 Å². The first-order valence-corrected chi connectivity index (χ1v) is 8.59. The van der Waals surface area contributed by atoms with E-state index >= 15 is 0 Å². The van der Waals surface area contributed by atoms with E-state index in [9.17, 15) is 4.79 Å². The second-order valence-electron chi connectivity index (χ2n) is 6.55. The van der Waals surface area contributed by atoms with E-state index in [1.54, 1.807) is 0 Å². The maximum atomic E-state index is 12.9. The van der Waals surface area contributed by atoms with Gasteiger partial charge in [-0.3, -0.25) is 9.48 Å². The predicted octanol–water partition coefficient (Wildman–Crippen LogP) is 3.59. The van der Waals surface area contributed by atoms with E-state index < -0.39 is 0 Å². The van der Waals surface area contributed by atoms with Gasteiger partial charge in [0.2, 0.25) is 0 Å². The van der Waals surface area contributed by atoms with E-state index in [0.717, 1.165) is 41.0 Å². The molecule has 126 valence electrons. The highest BCUT2D eigenvalue weighted by Gasteiger charge is 2.25. The molecule has 3 aromatic rings. The lowest BCUT2D eigenvalue weighted by Gasteiger charge is -2.27. The summed E-state index contributed by atoms with van der Waals surface area (Å²) in [4.78, 5) is 14.8. The molecular weight excluding hydrogens is 310 g/mol. The van der Waals surface area contributed by atoms with Gasteiger partial charge in [0, 0.05) is 19.2 Å². The number of aryl methyl sites for hydroxylation is 2. The van der Waals surface area contributed by atoms with Crippen molar-refractivity contribution < 1.29 is 4.79 Å². The summed E-state index contributed by atoms with van der Waals surface area (Å²) in [6, 6.07) is 18.1. The Kier molecular flexibility index (Phi) is 3.88. The fraction of sp³-hybridized carbons (Fsp3) is 0.238. The first-order chi connectivity index (χ1) is 12.1. The maximum Gasteiger partial charge on any atom is 0.254 e. The van der Waals surface area contributed by atoms with E-state index in [4.69, 9.17) is 0 Å². The Balaban J connectivity index is 1.55. The highest BCUT2D eigenvalue weighted by molar-refractivity contribution is 5.94. The fourth-order valence-corrected chi connectivity index (χ4v) is 3.57. The number of aromatic nitrogens is 2. The van der Waals surface area contributed by atoms with Crippen LogP contribution < -0.4 is 0 Å². The molecule has 4 heteroatoms. The molecule has 1 aromatic heterocycles. The molecule has 1 aliphatic rings. The third-order valence-corrected chi connectivity index (χ3v) is 4.97. The van der Waals surface area contributed by atoms with Crippen LogP contribution in [0, 0.1) is 6.92 Å². The van der Waals surface area contributed by atoms with Crippen LogP contribution in [0.25, 0.3) is 11.1 Å². The average Bonchev–Trinajstić information content (AvgIpc) is 2.95. The second-order valence-corrected chi connectivity index (χ2v) is 6.55. The Morgan fingerprint density at radius 3 is 2.40 bits per heavy atom. The van der Waals surface area contributed by atoms with Crippen molar-refractivity contribution in [3.63, 3.8) is 0 Å². The largest absolute Gasteiger partial charge is 0.332 e. The summed E-state index contributed by atoms with van der Waals surface area (Å²) in [5, 5.41) is 4.48. The normalized spacial score (nSPS) is 13.6. The molecule has 0 spiro atoms. The minimum absolute atomic E-state index is 0.0871. The molecular formula is C21H21N3O. The average molecular weight is 331 g/mol. The number of fused-ring (bicyclic) bond motifs is 1. The van der Waals surface area contributed by atoms with Crippen LogP contribution in [0.3, 0.4) is 0 Å². The Labute approximate surface area is 147 Å². The van der Waals surface area contributed by atoms with Crippen LogP contribution in [0.15, 0.2) is 54.6 Å². The second kappa shape index (κ2) is 6.20. The van der Waals surface area contributed by atoms with Crippen molar-refractivity contribution in [3.05, 3.63) is 77.1 Å². The molecule has 0 atom stereocenters. The zero-order valence-corrected chi connectivity index (χ0v) is 14.6. The van der Waals surface area contributed by atoms with Crippen molar-refractivity contribution in [1.29, 1.82) is 0 Å². The standard InChI is InChI=1S/C21H21N3O/c1-15-19-12-13-24(14-20(19)23(2)22-15)21(25)18-10-8-17(9-11-18)16-6-4-3-5-7-16/h3-11H,12-14H2,1-2H3. The van der Waals surface area contributed by atoms with Crippen LogP contribution in [0.4, 0.5) is 0 Å². The van der Waals surface area contributed by atoms with Crippen LogP contribution in [-0.2, 0) is 20.0 Å². The zero-order chi connectivity index (χ0) is 17.4. The molecule has 2 aromatic carbocycles. The van der Waals surface area contributed by atoms with E-state index in [1.807, 2.05) is 66.0 Å². The van der Waals surface area contributed by atoms with Crippen molar-refractivity contribution in [2.24, 2.45) is 7.05 Å². The van der Waals surface area contributed by atoms with E-state index in [0.29, 0.717) is 6.54 Å². The van der Waals surface area contributed by atoms with Crippen LogP contribution in [0.2, 0.25) is 0 Å². The molecule has 4 nitrogen and oxygen atoms in total. The van der Waals surface area contributed by atoms with Crippen LogP contribution in [0.5, 0.6) is 0 Å². The zero-order valence-electron chi connectivity index (χ0n) is 14.6. The molecule has 0 N–H and O–H groups in total. The third kappa shape index (κ3) is 2.84. The number of carbonyl (C=O) groups excluding carboxylic acids is 1. The molecule has 0 unspecified atom stereocenters. The molecule has 1 amide bonds. The van der Waals surface area contributed by atoms with Gasteiger partial charge >= 0.3 is 0 Å². The third-order valence-electron chi connectivity index (χ3n) is 4.97. The fourth-order valence-electron chi connectivity index (χ4n) is 3.57. The molecule has 0 aliphatic carbocycles. The Bertz CT molecular complexity index is 910. The van der Waals surface area contributed by atoms with E-state index in [1.165, 1.54) is 5.56 Å². The van der Waals surface area contributed by atoms with Gasteiger partial charge < -0.3 is 4.90 Å². The summed E-state index contributed by atoms with van der Waals surface area (Å²) in [6.07, 6.45) is 0.878. The van der Waals surface area contributed by atoms with Crippen LogP contribution >= 0.6 is 0 Å². The van der Waals surface area contributed by atoms with Crippen molar-refractivity contribution >= 4 is 5.91 Å². The molecule has 4 rings (SSSR count). The number of carbonyl (C=O) groups is 1. The lowest BCUT2D eigenvalue weighted by atomic mass is 10.0. The van der Waals surface area contributed by atoms with Gasteiger partial charge in [0.25, 0.3) is 5.91 Å². The predicted molar refractivity (Wildman–Crippen MR) is 98.3 cm³/mol. The van der Waals surface area contributed by atoms with Crippen molar-refractivity contribution in [2.75, 3.05) is 6.54 Å². The SMILES string of the molecule is Cc1nn(C)c2c1CCN(C(=O)c1ccc(-c3ccccc3)cc1)C2. The quantitative estimate of drug-likeness (QED) is 0.720. The van der Waals surface area contributed by atoms with Gasteiger partial charge in [0.1, 0.15) is 0 Å². The summed E-state index contributed by atoms with van der Waals surface area (Å²) in [5.41, 5.74) is 6.55. The van der Waals surface area contributed by atoms with Crippen LogP contribution in [-0.4, -0.2) is 27.1 Å². The molecule has 0 bridgehead atoms. The number of nitrogens with zero attached hydrogens (tertiary/aromatic N) is 3. The first-order valence-electron chi connectivity index (χ1n) is 8.59. The van der Waals surface area contributed by atoms with Gasteiger partial charge in [0.15, 0.2) is 0 Å². The highest BCUT2D eigenvalue weighted by Crippen LogP contribution is 2.24. The summed E-state index contributed by atoms with van der Waals surface area (Å²) in [6.45, 7) is 3.42. The topological polar surface area (TPSA) is 38.1 Å². The van der Waals surface area contributed by atoms with Gasteiger partial charge in [-0.15, -0.1) is 0 Å². The maximum absolute atomic E-state index is 12.9. The summed E-state index contributed by atoms with van der Waals surface area (Å²) >= 11 is 0. The number of amides is 1. The number of rotatable bonds is 2. The molecule has 2 heterocycles. The van der Waals surface area contributed by atoms with Crippen molar-refractivity contribution in [3.8, 4) is 11.1 Å². The summed E-state index contributed by atoms with van der Waals surface area (Å²) in [5.74, 6) is 0.0871. The molecule has 0 fully saturated rings. The van der Waals surface area contributed by atoms with Crippen LogP contribution in [0.1, 0.15) is 27.3 Å². The van der Waals surface area contributed by atoms with E-state index in [2.05, 4.69) is 17.2 Å². The lowest BCUT2D eigenvalue weighted by Crippen LogP contribution is -2.36. The molecule has 1 aliphatic heterocycles. The number of benzene rings is 2. The van der Waals surface area contributed by atoms with Crippen molar-refractivity contribution in [2.45, 2.75) is 19.9 Å².